The lowest BCUT2D eigenvalue weighted by Gasteiger charge is -2.31. The molecule has 0 fully saturated rings. The summed E-state index contributed by atoms with van der Waals surface area (Å²) in [6, 6.07) is 4.26. The van der Waals surface area contributed by atoms with Crippen molar-refractivity contribution in [3.63, 3.8) is 0 Å². The van der Waals surface area contributed by atoms with E-state index in [9.17, 15) is 9.18 Å². The molecule has 3 nitrogen and oxygen atoms in total. The Morgan fingerprint density at radius 1 is 1.47 bits per heavy atom. The minimum atomic E-state index is -1.16. The predicted molar refractivity (Wildman–Crippen MR) is 67.5 cm³/mol. The molecule has 1 aromatic carbocycles. The topological polar surface area (TPSA) is 49.3 Å². The summed E-state index contributed by atoms with van der Waals surface area (Å²) in [5, 5.41) is 11.2. The average Bonchev–Trinajstić information content (AvgIpc) is 2.17. The van der Waals surface area contributed by atoms with Gasteiger partial charge in [-0.3, -0.25) is 0 Å². The Morgan fingerprint density at radius 2 is 2.06 bits per heavy atom. The Labute approximate surface area is 108 Å². The quantitative estimate of drug-likeness (QED) is 0.869. The van der Waals surface area contributed by atoms with Gasteiger partial charge in [-0.25, -0.2) is 9.18 Å². The molecule has 0 spiro atoms. The van der Waals surface area contributed by atoms with Crippen LogP contribution in [0.2, 0.25) is 0 Å². The van der Waals surface area contributed by atoms with Gasteiger partial charge in [0.25, 0.3) is 0 Å². The van der Waals surface area contributed by atoms with E-state index in [-0.39, 0.29) is 0 Å². The van der Waals surface area contributed by atoms with E-state index in [1.54, 1.807) is 18.2 Å². The Kier molecular flexibility index (Phi) is 4.14. The van der Waals surface area contributed by atoms with Gasteiger partial charge in [-0.15, -0.1) is 0 Å². The molecule has 94 valence electrons. The zero-order valence-corrected chi connectivity index (χ0v) is 11.5. The van der Waals surface area contributed by atoms with Crippen LogP contribution < -0.4 is 5.32 Å². The molecule has 0 heterocycles. The first-order valence-electron chi connectivity index (χ1n) is 5.17. The number of hydrogen-bond acceptors (Lipinski definition) is 1. The minimum absolute atomic E-state index is 0.330. The van der Waals surface area contributed by atoms with Crippen molar-refractivity contribution in [3.05, 3.63) is 34.1 Å². The number of rotatable bonds is 2. The zero-order chi connectivity index (χ0) is 13.2. The highest BCUT2D eigenvalue weighted by molar-refractivity contribution is 9.10. The minimum Gasteiger partial charge on any atom is -0.465 e. The molecule has 1 amide bonds. The van der Waals surface area contributed by atoms with Crippen molar-refractivity contribution in [2.45, 2.75) is 26.8 Å². The first-order chi connectivity index (χ1) is 7.73. The zero-order valence-electron chi connectivity index (χ0n) is 9.92. The van der Waals surface area contributed by atoms with Crippen molar-refractivity contribution >= 4 is 22.0 Å². The number of amides is 1. The second kappa shape index (κ2) is 5.04. The summed E-state index contributed by atoms with van der Waals surface area (Å²) in [4.78, 5) is 10.8. The predicted octanol–water partition coefficient (Wildman–Crippen LogP) is 3.94. The fourth-order valence-corrected chi connectivity index (χ4v) is 2.01. The van der Waals surface area contributed by atoms with Crippen molar-refractivity contribution in [1.82, 2.24) is 5.32 Å². The maximum absolute atomic E-state index is 14.0. The summed E-state index contributed by atoms with van der Waals surface area (Å²) in [5.74, 6) is -0.429. The first-order valence-corrected chi connectivity index (χ1v) is 5.96. The van der Waals surface area contributed by atoms with E-state index in [2.05, 4.69) is 21.2 Å². The molecular weight excluding hydrogens is 289 g/mol. The van der Waals surface area contributed by atoms with Crippen LogP contribution in [-0.4, -0.2) is 11.2 Å². The van der Waals surface area contributed by atoms with Gasteiger partial charge in [-0.05, 0) is 27.4 Å². The van der Waals surface area contributed by atoms with Crippen LogP contribution in [0.4, 0.5) is 9.18 Å². The lowest BCUT2D eigenvalue weighted by molar-refractivity contribution is 0.174. The van der Waals surface area contributed by atoms with Crippen molar-refractivity contribution in [2.24, 2.45) is 5.41 Å². The second-order valence-electron chi connectivity index (χ2n) is 4.89. The third kappa shape index (κ3) is 3.43. The summed E-state index contributed by atoms with van der Waals surface area (Å²) in [7, 11) is 0. The number of hydrogen-bond donors (Lipinski definition) is 2. The first kappa shape index (κ1) is 14.0. The monoisotopic (exact) mass is 303 g/mol. The Morgan fingerprint density at radius 3 is 2.53 bits per heavy atom. The Bertz CT molecular complexity index is 429. The van der Waals surface area contributed by atoms with E-state index in [4.69, 9.17) is 5.11 Å². The van der Waals surface area contributed by atoms with Gasteiger partial charge in [-0.1, -0.05) is 32.9 Å². The van der Waals surface area contributed by atoms with Crippen LogP contribution in [0.15, 0.2) is 22.7 Å². The number of carbonyl (C=O) groups is 1. The van der Waals surface area contributed by atoms with Crippen LogP contribution >= 0.6 is 15.9 Å². The molecule has 0 bridgehead atoms. The van der Waals surface area contributed by atoms with Gasteiger partial charge < -0.3 is 10.4 Å². The lowest BCUT2D eigenvalue weighted by atomic mass is 9.82. The third-order valence-corrected chi connectivity index (χ3v) is 3.04. The normalized spacial score (nSPS) is 13.2. The third-order valence-electron chi connectivity index (χ3n) is 2.43. The molecular formula is C12H15BrFNO2. The van der Waals surface area contributed by atoms with Crippen molar-refractivity contribution in [2.75, 3.05) is 0 Å². The van der Waals surface area contributed by atoms with Gasteiger partial charge in [-0.2, -0.15) is 0 Å². The molecule has 5 heteroatoms. The van der Waals surface area contributed by atoms with Gasteiger partial charge in [0, 0.05) is 5.56 Å². The van der Waals surface area contributed by atoms with Crippen molar-refractivity contribution in [1.29, 1.82) is 0 Å². The molecule has 1 rings (SSSR count). The van der Waals surface area contributed by atoms with Crippen LogP contribution in [0.5, 0.6) is 0 Å². The molecule has 0 saturated heterocycles. The molecule has 0 aliphatic rings. The van der Waals surface area contributed by atoms with Crippen LogP contribution in [-0.2, 0) is 0 Å². The van der Waals surface area contributed by atoms with Gasteiger partial charge in [0.2, 0.25) is 0 Å². The highest BCUT2D eigenvalue weighted by Crippen LogP contribution is 2.35. The number of benzene rings is 1. The summed E-state index contributed by atoms with van der Waals surface area (Å²) in [6.07, 6.45) is -1.16. The maximum atomic E-state index is 14.0. The van der Waals surface area contributed by atoms with Crippen LogP contribution in [0.1, 0.15) is 32.4 Å². The largest absolute Gasteiger partial charge is 0.465 e. The molecule has 0 saturated carbocycles. The fraction of sp³-hybridized carbons (Fsp3) is 0.417. The molecule has 1 aromatic rings. The van der Waals surface area contributed by atoms with E-state index in [1.807, 2.05) is 20.8 Å². The summed E-state index contributed by atoms with van der Waals surface area (Å²) in [6.45, 7) is 5.57. The SMILES string of the molecule is CC(C)(C)C(NC(=O)O)c1cccc(Br)c1F. The van der Waals surface area contributed by atoms with Gasteiger partial charge >= 0.3 is 6.09 Å². The van der Waals surface area contributed by atoms with Crippen molar-refractivity contribution < 1.29 is 14.3 Å². The number of nitrogens with one attached hydrogen (secondary N) is 1. The number of halogens is 2. The summed E-state index contributed by atoms with van der Waals surface area (Å²) < 4.78 is 14.3. The lowest BCUT2D eigenvalue weighted by Crippen LogP contribution is -2.36. The van der Waals surface area contributed by atoms with E-state index in [0.717, 1.165) is 0 Å². The maximum Gasteiger partial charge on any atom is 0.405 e. The molecule has 0 aromatic heterocycles. The fourth-order valence-electron chi connectivity index (χ4n) is 1.63. The van der Waals surface area contributed by atoms with Gasteiger partial charge in [0.05, 0.1) is 10.5 Å². The van der Waals surface area contributed by atoms with Crippen LogP contribution in [0.3, 0.4) is 0 Å². The molecule has 0 aliphatic heterocycles. The standard InChI is InChI=1S/C12H15BrFNO2/c1-12(2,3)10(15-11(16)17)7-5-4-6-8(13)9(7)14/h4-6,10,15H,1-3H3,(H,16,17). The van der Waals surface area contributed by atoms with E-state index >= 15 is 0 Å². The van der Waals surface area contributed by atoms with E-state index in [1.165, 1.54) is 0 Å². The highest BCUT2D eigenvalue weighted by atomic mass is 79.9. The Hall–Kier alpha value is -1.10. The van der Waals surface area contributed by atoms with Gasteiger partial charge in [0.1, 0.15) is 5.82 Å². The molecule has 0 aliphatic carbocycles. The highest BCUT2D eigenvalue weighted by Gasteiger charge is 2.30. The van der Waals surface area contributed by atoms with Crippen LogP contribution in [0.25, 0.3) is 0 Å². The smallest absolute Gasteiger partial charge is 0.405 e. The molecule has 0 radical (unpaired) electrons. The van der Waals surface area contributed by atoms with Crippen molar-refractivity contribution in [3.8, 4) is 0 Å². The van der Waals surface area contributed by atoms with Crippen LogP contribution in [0, 0.1) is 11.2 Å². The summed E-state index contributed by atoms with van der Waals surface area (Å²) >= 11 is 3.10. The summed E-state index contributed by atoms with van der Waals surface area (Å²) in [5.41, 5.74) is -0.0747. The second-order valence-corrected chi connectivity index (χ2v) is 5.75. The van der Waals surface area contributed by atoms with Gasteiger partial charge in [0.15, 0.2) is 0 Å². The Balaban J connectivity index is 3.22. The van der Waals surface area contributed by atoms with E-state index in [0.29, 0.717) is 10.0 Å². The van der Waals surface area contributed by atoms with E-state index < -0.39 is 23.4 Å². The molecule has 1 unspecified atom stereocenters. The number of carboxylic acid groups (broad SMARTS) is 1. The average molecular weight is 304 g/mol. The molecule has 2 N–H and O–H groups in total. The molecule has 17 heavy (non-hydrogen) atoms. The molecule has 1 atom stereocenters.